The second-order valence-corrected chi connectivity index (χ2v) is 0.651. The van der Waals surface area contributed by atoms with E-state index in [9.17, 15) is 0 Å². The third-order valence-electron chi connectivity index (χ3n) is 0. The maximum Gasteiger partial charge on any atom is 0.0903 e. The van der Waals surface area contributed by atoms with E-state index in [0.717, 1.165) is 0 Å². The van der Waals surface area contributed by atoms with Crippen LogP contribution in [0.5, 0.6) is 0 Å². The topological polar surface area (TPSA) is 60.4 Å². The van der Waals surface area contributed by atoms with Gasteiger partial charge in [-0.25, -0.2) is 4.21 Å². The quantitative estimate of drug-likeness (QED) is 0.407. The summed E-state index contributed by atoms with van der Waals surface area (Å²) >= 11 is -2.86. The first-order valence-electron chi connectivity index (χ1n) is 0.516. The van der Waals surface area contributed by atoms with Gasteiger partial charge in [-0.15, -0.1) is 0 Å². The SMILES string of the molecule is O=S([O-])O.[ClH2+]. The van der Waals surface area contributed by atoms with Gasteiger partial charge in [0.05, 0.1) is 23.8 Å². The lowest BCUT2D eigenvalue weighted by molar-refractivity contribution is -0.00000514. The first-order chi connectivity index (χ1) is 1.73. The summed E-state index contributed by atoms with van der Waals surface area (Å²) < 4.78 is 24.1. The molecule has 3 nitrogen and oxygen atoms in total. The van der Waals surface area contributed by atoms with Crippen LogP contribution in [0.15, 0.2) is 0 Å². The predicted molar refractivity (Wildman–Crippen MR) is 14.3 cm³/mol. The van der Waals surface area contributed by atoms with Crippen molar-refractivity contribution < 1.29 is 25.7 Å². The van der Waals surface area contributed by atoms with Crippen molar-refractivity contribution >= 4 is 11.4 Å². The van der Waals surface area contributed by atoms with E-state index in [-0.39, 0.29) is 12.4 Å². The molecule has 0 amide bonds. The van der Waals surface area contributed by atoms with Gasteiger partial charge in [0.25, 0.3) is 0 Å². The minimum absolute atomic E-state index is 0. The molecule has 0 heterocycles. The lowest BCUT2D eigenvalue weighted by Gasteiger charge is -1.83. The molecular formula is H3ClO3S. The van der Waals surface area contributed by atoms with Crippen molar-refractivity contribution in [2.24, 2.45) is 0 Å². The molecule has 0 aliphatic carbocycles. The molecule has 0 rings (SSSR count). The van der Waals surface area contributed by atoms with E-state index >= 15 is 0 Å². The maximum absolute atomic E-state index is 8.56. The zero-order chi connectivity index (χ0) is 3.58. The van der Waals surface area contributed by atoms with E-state index in [0.29, 0.717) is 0 Å². The molecule has 34 valence electrons. The molecule has 0 saturated carbocycles. The Hall–Kier alpha value is 0.360. The van der Waals surface area contributed by atoms with Gasteiger partial charge in [0, 0.05) is 0 Å². The van der Waals surface area contributed by atoms with Crippen LogP contribution >= 0.6 is 0 Å². The van der Waals surface area contributed by atoms with Gasteiger partial charge < -0.3 is 9.11 Å². The van der Waals surface area contributed by atoms with E-state index in [1.165, 1.54) is 0 Å². The van der Waals surface area contributed by atoms with Crippen LogP contribution in [0, 0.1) is 12.4 Å². The molecule has 0 fully saturated rings. The van der Waals surface area contributed by atoms with Gasteiger partial charge >= 0.3 is 0 Å². The van der Waals surface area contributed by atoms with E-state index in [2.05, 4.69) is 0 Å². The average molecular weight is 119 g/mol. The first kappa shape index (κ1) is 9.03. The number of rotatable bonds is 0. The zero-order valence-electron chi connectivity index (χ0n) is 2.12. The van der Waals surface area contributed by atoms with Crippen molar-refractivity contribution in [3.63, 3.8) is 0 Å². The molecule has 1 unspecified atom stereocenters. The molecule has 0 saturated heterocycles. The average Bonchev–Trinajstić information content (AvgIpc) is 0.811. The minimum atomic E-state index is -2.86. The van der Waals surface area contributed by atoms with Gasteiger partial charge in [-0.3, -0.25) is 0 Å². The van der Waals surface area contributed by atoms with Crippen LogP contribution < -0.4 is 0 Å². The van der Waals surface area contributed by atoms with Gasteiger partial charge in [-0.1, -0.05) is 0 Å². The molecule has 1 N–H and O–H groups in total. The van der Waals surface area contributed by atoms with Crippen molar-refractivity contribution in [1.29, 1.82) is 0 Å². The normalized spacial score (nSPS) is 12.4. The second kappa shape index (κ2) is 4.36. The summed E-state index contributed by atoms with van der Waals surface area (Å²) in [5.41, 5.74) is 0. The van der Waals surface area contributed by atoms with Crippen LogP contribution in [0.2, 0.25) is 0 Å². The Bertz CT molecular complexity index is 29.9. The molecule has 0 radical (unpaired) electrons. The highest BCUT2D eigenvalue weighted by Gasteiger charge is 1.42. The summed E-state index contributed by atoms with van der Waals surface area (Å²) in [6.07, 6.45) is 0. The van der Waals surface area contributed by atoms with Crippen LogP contribution in [0.4, 0.5) is 0 Å². The lowest BCUT2D eigenvalue weighted by Crippen LogP contribution is -1.75. The maximum atomic E-state index is 8.56. The van der Waals surface area contributed by atoms with Crippen LogP contribution in [-0.2, 0) is 11.4 Å². The van der Waals surface area contributed by atoms with E-state index in [4.69, 9.17) is 13.3 Å². The molecule has 0 aromatic carbocycles. The highest BCUT2D eigenvalue weighted by Crippen LogP contribution is 1.43. The molecular weight excluding hydrogens is 116 g/mol. The van der Waals surface area contributed by atoms with E-state index in [1.54, 1.807) is 0 Å². The minimum Gasteiger partial charge on any atom is -0.750 e. The Morgan fingerprint density at radius 2 is 1.80 bits per heavy atom. The molecule has 0 bridgehead atoms. The Balaban J connectivity index is 0. The van der Waals surface area contributed by atoms with Crippen molar-refractivity contribution in [2.75, 3.05) is 0 Å². The fourth-order valence-electron chi connectivity index (χ4n) is 0. The Morgan fingerprint density at radius 3 is 1.80 bits per heavy atom. The van der Waals surface area contributed by atoms with Crippen molar-refractivity contribution in [2.45, 2.75) is 0 Å². The van der Waals surface area contributed by atoms with Crippen LogP contribution in [0.25, 0.3) is 0 Å². The largest absolute Gasteiger partial charge is 0.750 e. The fourth-order valence-corrected chi connectivity index (χ4v) is 0. The third-order valence-corrected chi connectivity index (χ3v) is 0. The van der Waals surface area contributed by atoms with Gasteiger partial charge in [0.2, 0.25) is 0 Å². The highest BCUT2D eigenvalue weighted by molar-refractivity contribution is 7.73. The smallest absolute Gasteiger partial charge is 0.0903 e. The summed E-state index contributed by atoms with van der Waals surface area (Å²) in [7, 11) is 0. The fraction of sp³-hybridized carbons (Fsp3) is 0. The second-order valence-electron chi connectivity index (χ2n) is 0.217. The standard InChI is InChI=1S/ClH2.H2O3S/c;1-4(2)3/h1H2;(H2,1,2,3)/q+1;/p-1. The summed E-state index contributed by atoms with van der Waals surface area (Å²) in [4.78, 5) is 0. The van der Waals surface area contributed by atoms with Crippen molar-refractivity contribution in [3.8, 4) is 0 Å². The third kappa shape index (κ3) is 187. The molecule has 5 heavy (non-hydrogen) atoms. The van der Waals surface area contributed by atoms with Crippen LogP contribution in [-0.4, -0.2) is 13.3 Å². The molecule has 0 aliphatic heterocycles. The molecule has 0 aliphatic rings. The molecule has 0 aromatic rings. The summed E-state index contributed by atoms with van der Waals surface area (Å²) in [5.74, 6) is 0. The Morgan fingerprint density at radius 1 is 1.80 bits per heavy atom. The molecule has 1 atom stereocenters. The number of halogens is 1. The van der Waals surface area contributed by atoms with Crippen LogP contribution in [0.1, 0.15) is 0 Å². The van der Waals surface area contributed by atoms with Gasteiger partial charge in [0.1, 0.15) is 0 Å². The number of hydrogen-bond acceptors (Lipinski definition) is 2. The summed E-state index contributed by atoms with van der Waals surface area (Å²) in [6.45, 7) is 0. The zero-order valence-corrected chi connectivity index (χ0v) is 3.83. The monoisotopic (exact) mass is 118 g/mol. The number of hydrogen-bond donors (Lipinski definition) is 1. The van der Waals surface area contributed by atoms with E-state index in [1.807, 2.05) is 0 Å². The molecule has 0 spiro atoms. The van der Waals surface area contributed by atoms with Gasteiger partial charge in [-0.2, -0.15) is 0 Å². The molecule has 0 aromatic heterocycles. The first-order valence-corrected chi connectivity index (χ1v) is 1.55. The van der Waals surface area contributed by atoms with Crippen molar-refractivity contribution in [1.82, 2.24) is 0 Å². The summed E-state index contributed by atoms with van der Waals surface area (Å²) in [5, 5.41) is 0. The Kier molecular flexibility index (Phi) is 7.87. The van der Waals surface area contributed by atoms with Gasteiger partial charge in [-0.05, 0) is 0 Å². The predicted octanol–water partition coefficient (Wildman–Crippen LogP) is -1.20. The lowest BCUT2D eigenvalue weighted by atomic mass is 15.8. The Labute approximate surface area is 37.9 Å². The van der Waals surface area contributed by atoms with Crippen molar-refractivity contribution in [3.05, 3.63) is 0 Å². The molecule has 5 heteroatoms. The highest BCUT2D eigenvalue weighted by atomic mass is 35.5. The van der Waals surface area contributed by atoms with E-state index < -0.39 is 11.4 Å². The van der Waals surface area contributed by atoms with Gasteiger partial charge in [0.15, 0.2) is 0 Å². The summed E-state index contributed by atoms with van der Waals surface area (Å²) in [6, 6.07) is 0. The van der Waals surface area contributed by atoms with Crippen LogP contribution in [0.3, 0.4) is 0 Å².